The Kier molecular flexibility index (Phi) is 6.25. The second-order valence-corrected chi connectivity index (χ2v) is 8.36. The highest BCUT2D eigenvalue weighted by molar-refractivity contribution is 6.06. The summed E-state index contributed by atoms with van der Waals surface area (Å²) in [4.78, 5) is 31.4. The number of imide groups is 1. The molecule has 5 unspecified atom stereocenters. The van der Waals surface area contributed by atoms with Gasteiger partial charge in [0.2, 0.25) is 11.8 Å². The molecule has 1 aromatic rings. The number of nitrogens with zero attached hydrogens (tertiary/aromatic N) is 2. The third-order valence-electron chi connectivity index (χ3n) is 6.17. The second kappa shape index (κ2) is 9.08. The Hall–Kier alpha value is -2.90. The highest BCUT2D eigenvalue weighted by atomic mass is 19.1. The van der Waals surface area contributed by atoms with Crippen LogP contribution in [0.25, 0.3) is 0 Å². The largest absolute Gasteiger partial charge is 0.489 e. The molecule has 1 aromatic carbocycles. The Balaban J connectivity index is 1.28. The molecule has 8 heteroatoms. The molecule has 2 aliphatic carbocycles. The highest BCUT2D eigenvalue weighted by Gasteiger charge is 2.58. The maximum atomic E-state index is 13.3. The molecule has 2 fully saturated rings. The number of aliphatic imine (C=N–C) groups is 1. The summed E-state index contributed by atoms with van der Waals surface area (Å²) >= 11 is 0. The molecule has 2 N–H and O–H groups in total. The third kappa shape index (κ3) is 4.43. The molecule has 0 aromatic heterocycles. The molecule has 0 spiro atoms. The number of carbonyl (C=O) groups excluding carboxylic acids is 2. The van der Waals surface area contributed by atoms with Crippen molar-refractivity contribution in [3.8, 4) is 5.75 Å². The first-order valence-corrected chi connectivity index (χ1v) is 11.0. The monoisotopic (exact) mass is 428 g/mol. The molecule has 1 aliphatic heterocycles. The van der Waals surface area contributed by atoms with Gasteiger partial charge in [0.25, 0.3) is 0 Å². The number of rotatable bonds is 8. The van der Waals surface area contributed by atoms with E-state index in [0.717, 1.165) is 6.42 Å². The van der Waals surface area contributed by atoms with Gasteiger partial charge in [0.1, 0.15) is 17.7 Å². The van der Waals surface area contributed by atoms with E-state index >= 15 is 0 Å². The summed E-state index contributed by atoms with van der Waals surface area (Å²) in [6.07, 6.45) is 4.89. The lowest BCUT2D eigenvalue weighted by Crippen LogP contribution is -2.44. The number of hydrogen-bond acceptors (Lipinski definition) is 4. The van der Waals surface area contributed by atoms with Crippen LogP contribution in [0.4, 0.5) is 4.39 Å². The Bertz CT molecular complexity index is 873. The number of fused-ring (bicyclic) bond motifs is 5. The Morgan fingerprint density at radius 2 is 1.94 bits per heavy atom. The molecular formula is C23H29FN4O3. The number of halogens is 1. The quantitative estimate of drug-likeness (QED) is 0.286. The van der Waals surface area contributed by atoms with Gasteiger partial charge >= 0.3 is 0 Å². The van der Waals surface area contributed by atoms with Crippen LogP contribution >= 0.6 is 0 Å². The van der Waals surface area contributed by atoms with Crippen molar-refractivity contribution in [2.24, 2.45) is 28.7 Å². The third-order valence-corrected chi connectivity index (χ3v) is 6.17. The first-order valence-electron chi connectivity index (χ1n) is 11.0. The lowest BCUT2D eigenvalue weighted by Gasteiger charge is -2.19. The van der Waals surface area contributed by atoms with Crippen molar-refractivity contribution in [3.05, 3.63) is 42.2 Å². The fourth-order valence-electron chi connectivity index (χ4n) is 4.84. The predicted octanol–water partition coefficient (Wildman–Crippen LogP) is 1.96. The molecule has 0 radical (unpaired) electrons. The number of likely N-dealkylation sites (tertiary alicyclic amines) is 1. The predicted molar refractivity (Wildman–Crippen MR) is 115 cm³/mol. The fourth-order valence-corrected chi connectivity index (χ4v) is 4.84. The molecule has 1 saturated carbocycles. The van der Waals surface area contributed by atoms with Crippen molar-refractivity contribution in [3.63, 3.8) is 0 Å². The van der Waals surface area contributed by atoms with Crippen LogP contribution in [0.1, 0.15) is 20.3 Å². The van der Waals surface area contributed by atoms with Gasteiger partial charge in [-0.25, -0.2) is 9.38 Å². The molecule has 3 aliphatic rings. The lowest BCUT2D eigenvalue weighted by atomic mass is 9.85. The molecule has 1 heterocycles. The molecule has 2 bridgehead atoms. The molecule has 2 amide bonds. The van der Waals surface area contributed by atoms with Gasteiger partial charge in [-0.3, -0.25) is 14.5 Å². The first-order chi connectivity index (χ1) is 15.0. The SMILES string of the molecule is CCNC(=NCC(C)Oc1cccc(F)c1)NCCN1C(=O)C2C3C=CC(C3)C2C1=O. The van der Waals surface area contributed by atoms with Crippen LogP contribution in [0.5, 0.6) is 5.75 Å². The molecule has 7 nitrogen and oxygen atoms in total. The zero-order valence-corrected chi connectivity index (χ0v) is 17.9. The van der Waals surface area contributed by atoms with E-state index in [4.69, 9.17) is 4.74 Å². The Morgan fingerprint density at radius 1 is 1.23 bits per heavy atom. The van der Waals surface area contributed by atoms with Gasteiger partial charge < -0.3 is 15.4 Å². The summed E-state index contributed by atoms with van der Waals surface area (Å²) in [7, 11) is 0. The van der Waals surface area contributed by atoms with E-state index in [1.807, 2.05) is 13.8 Å². The number of ether oxygens (including phenoxy) is 1. The van der Waals surface area contributed by atoms with Gasteiger partial charge in [-0.15, -0.1) is 0 Å². The summed E-state index contributed by atoms with van der Waals surface area (Å²) < 4.78 is 19.0. The molecule has 1 saturated heterocycles. The van der Waals surface area contributed by atoms with E-state index in [0.29, 0.717) is 37.9 Å². The average molecular weight is 429 g/mol. The maximum absolute atomic E-state index is 13.3. The number of amides is 2. The van der Waals surface area contributed by atoms with E-state index in [-0.39, 0.29) is 47.4 Å². The molecule has 5 atom stereocenters. The van der Waals surface area contributed by atoms with Crippen LogP contribution in [-0.2, 0) is 9.59 Å². The van der Waals surface area contributed by atoms with E-state index in [1.165, 1.54) is 17.0 Å². The Morgan fingerprint density at radius 3 is 2.58 bits per heavy atom. The molecule has 31 heavy (non-hydrogen) atoms. The minimum Gasteiger partial charge on any atom is -0.489 e. The fraction of sp³-hybridized carbons (Fsp3) is 0.522. The van der Waals surface area contributed by atoms with Crippen LogP contribution in [0.3, 0.4) is 0 Å². The van der Waals surface area contributed by atoms with Crippen molar-refractivity contribution in [1.29, 1.82) is 0 Å². The van der Waals surface area contributed by atoms with Gasteiger partial charge in [-0.05, 0) is 44.2 Å². The molecule has 166 valence electrons. The van der Waals surface area contributed by atoms with Gasteiger partial charge in [-0.2, -0.15) is 0 Å². The standard InChI is InChI=1S/C23H29FN4O3/c1-3-25-23(27-13-14(2)31-18-6-4-5-17(24)12-18)26-9-10-28-21(29)19-15-7-8-16(11-15)20(19)22(28)30/h4-8,12,14-16,19-20H,3,9-11,13H2,1-2H3,(H2,25,26,27). The normalized spacial score (nSPS) is 27.6. The zero-order chi connectivity index (χ0) is 22.0. The summed E-state index contributed by atoms with van der Waals surface area (Å²) in [5.74, 6) is 0.752. The van der Waals surface area contributed by atoms with Crippen molar-refractivity contribution >= 4 is 17.8 Å². The maximum Gasteiger partial charge on any atom is 0.233 e. The molecule has 4 rings (SSSR count). The highest BCUT2D eigenvalue weighted by Crippen LogP contribution is 2.52. The minimum absolute atomic E-state index is 0.0345. The number of benzene rings is 1. The minimum atomic E-state index is -0.345. The number of guanidine groups is 1. The summed E-state index contributed by atoms with van der Waals surface area (Å²) in [5, 5.41) is 6.33. The van der Waals surface area contributed by atoms with Gasteiger partial charge in [-0.1, -0.05) is 18.2 Å². The van der Waals surface area contributed by atoms with Gasteiger partial charge in [0.05, 0.1) is 18.4 Å². The van der Waals surface area contributed by atoms with Crippen LogP contribution < -0.4 is 15.4 Å². The molecular weight excluding hydrogens is 399 g/mol. The number of allylic oxidation sites excluding steroid dienone is 2. The van der Waals surface area contributed by atoms with Gasteiger partial charge in [0, 0.05) is 25.7 Å². The average Bonchev–Trinajstić information content (AvgIpc) is 3.41. The van der Waals surface area contributed by atoms with E-state index < -0.39 is 0 Å². The van der Waals surface area contributed by atoms with Crippen molar-refractivity contribution < 1.29 is 18.7 Å². The summed E-state index contributed by atoms with van der Waals surface area (Å²) in [6.45, 7) is 5.61. The van der Waals surface area contributed by atoms with Crippen molar-refractivity contribution in [1.82, 2.24) is 15.5 Å². The number of hydrogen-bond donors (Lipinski definition) is 2. The van der Waals surface area contributed by atoms with Crippen molar-refractivity contribution in [2.45, 2.75) is 26.4 Å². The number of carbonyl (C=O) groups is 2. The topological polar surface area (TPSA) is 83.0 Å². The van der Waals surface area contributed by atoms with E-state index in [2.05, 4.69) is 27.8 Å². The smallest absolute Gasteiger partial charge is 0.233 e. The van der Waals surface area contributed by atoms with Gasteiger partial charge in [0.15, 0.2) is 5.96 Å². The Labute approximate surface area is 181 Å². The summed E-state index contributed by atoms with van der Waals surface area (Å²) in [6, 6.07) is 6.01. The first kappa shape index (κ1) is 21.3. The van der Waals surface area contributed by atoms with E-state index in [9.17, 15) is 14.0 Å². The zero-order valence-electron chi connectivity index (χ0n) is 17.9. The lowest BCUT2D eigenvalue weighted by molar-refractivity contribution is -0.140. The van der Waals surface area contributed by atoms with Crippen LogP contribution in [0.2, 0.25) is 0 Å². The number of nitrogens with one attached hydrogen (secondary N) is 2. The van der Waals surface area contributed by atoms with Crippen LogP contribution in [0, 0.1) is 29.5 Å². The van der Waals surface area contributed by atoms with Crippen LogP contribution in [0.15, 0.2) is 41.4 Å². The summed E-state index contributed by atoms with van der Waals surface area (Å²) in [5.41, 5.74) is 0. The second-order valence-electron chi connectivity index (χ2n) is 8.36. The van der Waals surface area contributed by atoms with Crippen molar-refractivity contribution in [2.75, 3.05) is 26.2 Å². The van der Waals surface area contributed by atoms with E-state index in [1.54, 1.807) is 12.1 Å². The van der Waals surface area contributed by atoms with Crippen LogP contribution in [-0.4, -0.2) is 55.0 Å².